The first-order chi connectivity index (χ1) is 11.0. The lowest BCUT2D eigenvalue weighted by Gasteiger charge is -2.38. The summed E-state index contributed by atoms with van der Waals surface area (Å²) < 4.78 is 4.91. The zero-order valence-electron chi connectivity index (χ0n) is 13.7. The third kappa shape index (κ3) is 4.43. The highest BCUT2D eigenvalue weighted by atomic mass is 16.5. The Hall–Kier alpha value is -1.63. The SMILES string of the molecule is COCCC(=O)N1CCC(NC(=O)CC2(C(=O)O)CCC2)CC1. The van der Waals surface area contributed by atoms with E-state index in [9.17, 15) is 19.5 Å². The predicted octanol–water partition coefficient (Wildman–Crippen LogP) is 0.775. The van der Waals surface area contributed by atoms with Gasteiger partial charge in [-0.1, -0.05) is 6.42 Å². The van der Waals surface area contributed by atoms with E-state index < -0.39 is 11.4 Å². The lowest BCUT2D eigenvalue weighted by molar-refractivity contribution is -0.157. The summed E-state index contributed by atoms with van der Waals surface area (Å²) in [5.41, 5.74) is -0.846. The first-order valence-corrected chi connectivity index (χ1v) is 8.26. The van der Waals surface area contributed by atoms with E-state index in [0.29, 0.717) is 51.8 Å². The fourth-order valence-electron chi connectivity index (χ4n) is 3.28. The van der Waals surface area contributed by atoms with Gasteiger partial charge in [0.25, 0.3) is 0 Å². The summed E-state index contributed by atoms with van der Waals surface area (Å²) in [5, 5.41) is 12.2. The standard InChI is InChI=1S/C16H26N2O5/c1-23-10-5-14(20)18-8-3-12(4-9-18)17-13(19)11-16(15(21)22)6-2-7-16/h12H,2-11H2,1H3,(H,17,19)(H,21,22). The predicted molar refractivity (Wildman–Crippen MR) is 82.8 cm³/mol. The zero-order valence-corrected chi connectivity index (χ0v) is 13.7. The van der Waals surface area contributed by atoms with Crippen LogP contribution in [-0.4, -0.2) is 60.6 Å². The number of likely N-dealkylation sites (tertiary alicyclic amines) is 1. The van der Waals surface area contributed by atoms with Crippen molar-refractivity contribution in [3.63, 3.8) is 0 Å². The van der Waals surface area contributed by atoms with Gasteiger partial charge in [0.2, 0.25) is 11.8 Å². The van der Waals surface area contributed by atoms with E-state index in [2.05, 4.69) is 5.32 Å². The van der Waals surface area contributed by atoms with Crippen LogP contribution in [0.2, 0.25) is 0 Å². The molecule has 2 aliphatic rings. The smallest absolute Gasteiger partial charge is 0.310 e. The van der Waals surface area contributed by atoms with Gasteiger partial charge in [-0.05, 0) is 25.7 Å². The van der Waals surface area contributed by atoms with Gasteiger partial charge in [0, 0.05) is 32.7 Å². The first kappa shape index (κ1) is 17.7. The highest BCUT2D eigenvalue weighted by molar-refractivity contribution is 5.85. The topological polar surface area (TPSA) is 95.9 Å². The third-order valence-electron chi connectivity index (χ3n) is 5.00. The number of carboxylic acid groups (broad SMARTS) is 1. The number of ether oxygens (including phenoxy) is 1. The number of methoxy groups -OCH3 is 1. The molecule has 1 saturated heterocycles. The molecule has 7 heteroatoms. The molecular weight excluding hydrogens is 300 g/mol. The Labute approximate surface area is 136 Å². The number of amides is 2. The van der Waals surface area contributed by atoms with Crippen LogP contribution in [0.3, 0.4) is 0 Å². The Morgan fingerprint density at radius 1 is 1.26 bits per heavy atom. The second-order valence-electron chi connectivity index (χ2n) is 6.58. The van der Waals surface area contributed by atoms with Crippen molar-refractivity contribution in [3.05, 3.63) is 0 Å². The Morgan fingerprint density at radius 2 is 1.91 bits per heavy atom. The van der Waals surface area contributed by atoms with Crippen molar-refractivity contribution >= 4 is 17.8 Å². The molecule has 0 atom stereocenters. The number of nitrogens with one attached hydrogen (secondary N) is 1. The van der Waals surface area contributed by atoms with Crippen molar-refractivity contribution < 1.29 is 24.2 Å². The van der Waals surface area contributed by atoms with Crippen LogP contribution in [0.4, 0.5) is 0 Å². The van der Waals surface area contributed by atoms with E-state index in [1.807, 2.05) is 0 Å². The van der Waals surface area contributed by atoms with Crippen molar-refractivity contribution in [2.75, 3.05) is 26.8 Å². The maximum atomic E-state index is 12.1. The van der Waals surface area contributed by atoms with Crippen molar-refractivity contribution in [1.29, 1.82) is 0 Å². The molecule has 130 valence electrons. The third-order valence-corrected chi connectivity index (χ3v) is 5.00. The molecule has 7 nitrogen and oxygen atoms in total. The van der Waals surface area contributed by atoms with Crippen LogP contribution in [0.15, 0.2) is 0 Å². The fraction of sp³-hybridized carbons (Fsp3) is 0.812. The van der Waals surface area contributed by atoms with E-state index in [1.54, 1.807) is 12.0 Å². The van der Waals surface area contributed by atoms with E-state index in [0.717, 1.165) is 6.42 Å². The van der Waals surface area contributed by atoms with E-state index in [1.165, 1.54) is 0 Å². The lowest BCUT2D eigenvalue weighted by atomic mass is 9.66. The highest BCUT2D eigenvalue weighted by Gasteiger charge is 2.46. The number of nitrogens with zero attached hydrogens (tertiary/aromatic N) is 1. The number of piperidine rings is 1. The minimum atomic E-state index is -0.863. The van der Waals surface area contributed by atoms with Crippen molar-refractivity contribution in [1.82, 2.24) is 10.2 Å². The maximum Gasteiger partial charge on any atom is 0.310 e. The van der Waals surface area contributed by atoms with Crippen molar-refractivity contribution in [3.8, 4) is 0 Å². The van der Waals surface area contributed by atoms with Crippen LogP contribution in [-0.2, 0) is 19.1 Å². The zero-order chi connectivity index (χ0) is 16.9. The summed E-state index contributed by atoms with van der Waals surface area (Å²) >= 11 is 0. The van der Waals surface area contributed by atoms with Crippen LogP contribution < -0.4 is 5.32 Å². The molecular formula is C16H26N2O5. The second kappa shape index (κ2) is 7.77. The molecule has 1 aliphatic heterocycles. The molecule has 1 heterocycles. The number of carbonyl (C=O) groups is 3. The Bertz CT molecular complexity index is 453. The number of hydrogen-bond donors (Lipinski definition) is 2. The normalized spacial score (nSPS) is 20.7. The number of aliphatic carboxylic acids is 1. The number of carbonyl (C=O) groups excluding carboxylic acids is 2. The molecule has 0 unspecified atom stereocenters. The van der Waals surface area contributed by atoms with Crippen LogP contribution in [0, 0.1) is 5.41 Å². The number of hydrogen-bond acceptors (Lipinski definition) is 4. The summed E-state index contributed by atoms with van der Waals surface area (Å²) in [6.07, 6.45) is 3.92. The molecule has 2 rings (SSSR count). The van der Waals surface area contributed by atoms with Crippen LogP contribution in [0.1, 0.15) is 44.9 Å². The molecule has 2 fully saturated rings. The number of carboxylic acids is 1. The summed E-state index contributed by atoms with van der Waals surface area (Å²) in [5.74, 6) is -0.968. The van der Waals surface area contributed by atoms with E-state index >= 15 is 0 Å². The van der Waals surface area contributed by atoms with Crippen molar-refractivity contribution in [2.45, 2.75) is 51.0 Å². The lowest BCUT2D eigenvalue weighted by Crippen LogP contribution is -2.49. The second-order valence-corrected chi connectivity index (χ2v) is 6.58. The minimum absolute atomic E-state index is 0.0277. The van der Waals surface area contributed by atoms with Crippen LogP contribution in [0.5, 0.6) is 0 Å². The summed E-state index contributed by atoms with van der Waals surface area (Å²) in [6, 6.07) is 0.0277. The average molecular weight is 326 g/mol. The van der Waals surface area contributed by atoms with Gasteiger partial charge in [0.05, 0.1) is 18.4 Å². The van der Waals surface area contributed by atoms with Gasteiger partial charge in [0.1, 0.15) is 0 Å². The molecule has 0 aromatic rings. The molecule has 0 bridgehead atoms. The largest absolute Gasteiger partial charge is 0.481 e. The molecule has 0 aromatic carbocycles. The Balaban J connectivity index is 1.72. The summed E-state index contributed by atoms with van der Waals surface area (Å²) in [4.78, 5) is 37.1. The fourth-order valence-corrected chi connectivity index (χ4v) is 3.28. The van der Waals surface area contributed by atoms with Gasteiger partial charge in [0.15, 0.2) is 0 Å². The van der Waals surface area contributed by atoms with Crippen molar-refractivity contribution in [2.24, 2.45) is 5.41 Å². The highest BCUT2D eigenvalue weighted by Crippen LogP contribution is 2.44. The first-order valence-electron chi connectivity index (χ1n) is 8.26. The van der Waals surface area contributed by atoms with Gasteiger partial charge in [-0.2, -0.15) is 0 Å². The average Bonchev–Trinajstić information content (AvgIpc) is 2.49. The maximum absolute atomic E-state index is 12.1. The molecule has 0 aromatic heterocycles. The molecule has 1 saturated carbocycles. The van der Waals surface area contributed by atoms with E-state index in [-0.39, 0.29) is 24.3 Å². The van der Waals surface area contributed by atoms with Gasteiger partial charge >= 0.3 is 5.97 Å². The minimum Gasteiger partial charge on any atom is -0.481 e. The molecule has 1 aliphatic carbocycles. The molecule has 0 radical (unpaired) electrons. The van der Waals surface area contributed by atoms with Crippen LogP contribution in [0.25, 0.3) is 0 Å². The summed E-state index contributed by atoms with van der Waals surface area (Å²) in [7, 11) is 1.57. The number of rotatable bonds is 7. The van der Waals surface area contributed by atoms with Gasteiger partial charge < -0.3 is 20.1 Å². The van der Waals surface area contributed by atoms with E-state index in [4.69, 9.17) is 4.74 Å². The summed E-state index contributed by atoms with van der Waals surface area (Å²) in [6.45, 7) is 1.67. The Kier molecular flexibility index (Phi) is 5.98. The monoisotopic (exact) mass is 326 g/mol. The quantitative estimate of drug-likeness (QED) is 0.720. The van der Waals surface area contributed by atoms with Gasteiger partial charge in [-0.25, -0.2) is 0 Å². The van der Waals surface area contributed by atoms with Gasteiger partial charge in [-0.3, -0.25) is 14.4 Å². The molecule has 0 spiro atoms. The van der Waals surface area contributed by atoms with Crippen LogP contribution >= 0.6 is 0 Å². The Morgan fingerprint density at radius 3 is 2.39 bits per heavy atom. The van der Waals surface area contributed by atoms with Gasteiger partial charge in [-0.15, -0.1) is 0 Å². The molecule has 2 N–H and O–H groups in total. The molecule has 2 amide bonds. The molecule has 23 heavy (non-hydrogen) atoms.